The Labute approximate surface area is 88.5 Å². The molecule has 0 amide bonds. The third kappa shape index (κ3) is 3.95. The van der Waals surface area contributed by atoms with Crippen LogP contribution in [-0.2, 0) is 10.0 Å². The van der Waals surface area contributed by atoms with Gasteiger partial charge in [0.1, 0.15) is 4.66 Å². The normalized spacial score (nSPS) is 30.3. The van der Waals surface area contributed by atoms with Crippen LogP contribution in [0.4, 0.5) is 0 Å². The Hall–Kier alpha value is 0.390. The molecule has 0 radical (unpaired) electrons. The van der Waals surface area contributed by atoms with Crippen molar-refractivity contribution in [2.24, 2.45) is 5.92 Å². The number of nitrogens with one attached hydrogen (secondary N) is 1. The van der Waals surface area contributed by atoms with Crippen LogP contribution in [0.25, 0.3) is 0 Å². The van der Waals surface area contributed by atoms with E-state index in [-0.39, 0.29) is 10.7 Å². The molecule has 5 heteroatoms. The first-order chi connectivity index (χ1) is 6.03. The maximum atomic E-state index is 11.2. The topological polar surface area (TPSA) is 46.2 Å². The Morgan fingerprint density at radius 3 is 2.31 bits per heavy atom. The minimum absolute atomic E-state index is 0.00601. The Morgan fingerprint density at radius 2 is 1.85 bits per heavy atom. The average molecular weight is 270 g/mol. The van der Waals surface area contributed by atoms with Gasteiger partial charge in [0, 0.05) is 6.04 Å². The molecule has 0 aromatic heterocycles. The summed E-state index contributed by atoms with van der Waals surface area (Å²) in [5.74, 6) is 0.754. The third-order valence-corrected chi connectivity index (χ3v) is 5.29. The van der Waals surface area contributed by atoms with Crippen molar-refractivity contribution in [1.29, 1.82) is 0 Å². The quantitative estimate of drug-likeness (QED) is 0.795. The van der Waals surface area contributed by atoms with E-state index in [1.54, 1.807) is 0 Å². The summed E-state index contributed by atoms with van der Waals surface area (Å²) in [6, 6.07) is 0.166. The van der Waals surface area contributed by atoms with E-state index >= 15 is 0 Å². The van der Waals surface area contributed by atoms with Gasteiger partial charge in [0.05, 0.1) is 0 Å². The lowest BCUT2D eigenvalue weighted by Gasteiger charge is -2.26. The van der Waals surface area contributed by atoms with Crippen LogP contribution in [-0.4, -0.2) is 19.1 Å². The lowest BCUT2D eigenvalue weighted by Crippen LogP contribution is -2.37. The Bertz CT molecular complexity index is 245. The monoisotopic (exact) mass is 269 g/mol. The smallest absolute Gasteiger partial charge is 0.212 e. The lowest BCUT2D eigenvalue weighted by molar-refractivity contribution is 0.332. The number of sulfonamides is 1. The van der Waals surface area contributed by atoms with Crippen molar-refractivity contribution in [2.45, 2.75) is 38.6 Å². The Morgan fingerprint density at radius 1 is 1.31 bits per heavy atom. The van der Waals surface area contributed by atoms with Gasteiger partial charge in [0.2, 0.25) is 10.0 Å². The SMILES string of the molecule is CC1CCC(NS(=O)(=O)CBr)CC1. The molecule has 0 spiro atoms. The summed E-state index contributed by atoms with van der Waals surface area (Å²) >= 11 is 2.96. The molecule has 0 aromatic carbocycles. The summed E-state index contributed by atoms with van der Waals surface area (Å²) in [5, 5.41) is 0. The molecule has 0 aromatic rings. The summed E-state index contributed by atoms with van der Waals surface area (Å²) < 4.78 is 25.1. The number of alkyl halides is 1. The molecule has 3 nitrogen and oxygen atoms in total. The maximum absolute atomic E-state index is 11.2. The molecule has 1 aliphatic carbocycles. The number of hydrogen-bond acceptors (Lipinski definition) is 2. The molecule has 78 valence electrons. The zero-order chi connectivity index (χ0) is 9.90. The third-order valence-electron chi connectivity index (χ3n) is 2.51. The van der Waals surface area contributed by atoms with Crippen molar-refractivity contribution in [3.8, 4) is 0 Å². The molecule has 0 heterocycles. The van der Waals surface area contributed by atoms with Gasteiger partial charge in [0.25, 0.3) is 0 Å². The van der Waals surface area contributed by atoms with Gasteiger partial charge in [-0.15, -0.1) is 0 Å². The largest absolute Gasteiger partial charge is 0.221 e. The highest BCUT2D eigenvalue weighted by molar-refractivity contribution is 9.10. The summed E-state index contributed by atoms with van der Waals surface area (Å²) in [6.45, 7) is 2.22. The van der Waals surface area contributed by atoms with E-state index in [2.05, 4.69) is 27.6 Å². The fourth-order valence-corrected chi connectivity index (χ4v) is 2.87. The number of halogens is 1. The van der Waals surface area contributed by atoms with E-state index in [9.17, 15) is 8.42 Å². The van der Waals surface area contributed by atoms with E-state index < -0.39 is 10.0 Å². The second-order valence-electron chi connectivity index (χ2n) is 3.80. The van der Waals surface area contributed by atoms with Crippen LogP contribution in [0.3, 0.4) is 0 Å². The summed E-state index contributed by atoms with van der Waals surface area (Å²) in [7, 11) is -3.07. The van der Waals surface area contributed by atoms with Crippen molar-refractivity contribution >= 4 is 26.0 Å². The molecule has 1 aliphatic rings. The van der Waals surface area contributed by atoms with Crippen molar-refractivity contribution in [1.82, 2.24) is 4.72 Å². The summed E-state index contributed by atoms with van der Waals surface area (Å²) in [5.41, 5.74) is 0. The van der Waals surface area contributed by atoms with Gasteiger partial charge in [-0.3, -0.25) is 0 Å². The van der Waals surface area contributed by atoms with Crippen LogP contribution in [0.15, 0.2) is 0 Å². The minimum Gasteiger partial charge on any atom is -0.212 e. The molecule has 1 fully saturated rings. The Balaban J connectivity index is 2.39. The highest BCUT2D eigenvalue weighted by Crippen LogP contribution is 2.23. The molecular formula is C8H16BrNO2S. The molecule has 0 bridgehead atoms. The Kier molecular flexibility index (Phi) is 4.19. The summed E-state index contributed by atoms with van der Waals surface area (Å²) in [4.78, 5) is 0. The molecule has 1 rings (SSSR count). The molecule has 13 heavy (non-hydrogen) atoms. The molecule has 1 saturated carbocycles. The fourth-order valence-electron chi connectivity index (χ4n) is 1.66. The van der Waals surface area contributed by atoms with E-state index in [1.165, 1.54) is 0 Å². The van der Waals surface area contributed by atoms with Gasteiger partial charge in [-0.05, 0) is 31.6 Å². The van der Waals surface area contributed by atoms with Gasteiger partial charge < -0.3 is 0 Å². The van der Waals surface area contributed by atoms with E-state index in [0.29, 0.717) is 0 Å². The fraction of sp³-hybridized carbons (Fsp3) is 1.00. The molecule has 1 N–H and O–H groups in total. The van der Waals surface area contributed by atoms with Crippen molar-refractivity contribution in [2.75, 3.05) is 4.66 Å². The van der Waals surface area contributed by atoms with Crippen LogP contribution in [0, 0.1) is 5.92 Å². The maximum Gasteiger partial charge on any atom is 0.221 e. The van der Waals surface area contributed by atoms with Gasteiger partial charge in [-0.2, -0.15) is 0 Å². The van der Waals surface area contributed by atoms with Crippen molar-refractivity contribution in [3.63, 3.8) is 0 Å². The van der Waals surface area contributed by atoms with Gasteiger partial charge >= 0.3 is 0 Å². The van der Waals surface area contributed by atoms with Crippen molar-refractivity contribution in [3.05, 3.63) is 0 Å². The second kappa shape index (κ2) is 4.75. The zero-order valence-electron chi connectivity index (χ0n) is 7.79. The first-order valence-electron chi connectivity index (χ1n) is 4.59. The predicted molar refractivity (Wildman–Crippen MR) is 57.3 cm³/mol. The second-order valence-corrected chi connectivity index (χ2v) is 6.86. The van der Waals surface area contributed by atoms with Crippen molar-refractivity contribution < 1.29 is 8.42 Å². The van der Waals surface area contributed by atoms with E-state index in [1.807, 2.05) is 0 Å². The van der Waals surface area contributed by atoms with Crippen LogP contribution >= 0.6 is 15.9 Å². The van der Waals surface area contributed by atoms with Crippen LogP contribution < -0.4 is 4.72 Å². The van der Waals surface area contributed by atoms with Gasteiger partial charge in [-0.1, -0.05) is 22.9 Å². The van der Waals surface area contributed by atoms with E-state index in [4.69, 9.17) is 0 Å². The molecular weight excluding hydrogens is 254 g/mol. The number of rotatable bonds is 3. The summed E-state index contributed by atoms with van der Waals surface area (Å²) in [6.07, 6.45) is 4.23. The predicted octanol–water partition coefficient (Wildman–Crippen LogP) is 1.84. The number of hydrogen-bond donors (Lipinski definition) is 1. The standard InChI is InChI=1S/C8H16BrNO2S/c1-7-2-4-8(5-3-7)10-13(11,12)6-9/h7-8,10H,2-6H2,1H3. The zero-order valence-corrected chi connectivity index (χ0v) is 10.2. The lowest BCUT2D eigenvalue weighted by atomic mass is 9.88. The molecule has 0 atom stereocenters. The molecule has 0 unspecified atom stereocenters. The van der Waals surface area contributed by atoms with Crippen LogP contribution in [0.1, 0.15) is 32.6 Å². The van der Waals surface area contributed by atoms with Crippen LogP contribution in [0.2, 0.25) is 0 Å². The van der Waals surface area contributed by atoms with E-state index in [0.717, 1.165) is 31.6 Å². The minimum atomic E-state index is -3.07. The van der Waals surface area contributed by atoms with Gasteiger partial charge in [0.15, 0.2) is 0 Å². The molecule has 0 aliphatic heterocycles. The van der Waals surface area contributed by atoms with Crippen LogP contribution in [0.5, 0.6) is 0 Å². The first kappa shape index (κ1) is 11.5. The highest BCUT2D eigenvalue weighted by Gasteiger charge is 2.21. The van der Waals surface area contributed by atoms with Gasteiger partial charge in [-0.25, -0.2) is 13.1 Å². The first-order valence-corrected chi connectivity index (χ1v) is 7.37. The highest BCUT2D eigenvalue weighted by atomic mass is 79.9. The average Bonchev–Trinajstić information content (AvgIpc) is 2.09. The molecule has 0 saturated heterocycles.